The lowest BCUT2D eigenvalue weighted by Gasteiger charge is -1.99. The maximum absolute atomic E-state index is 10.6. The molecule has 1 heterocycles. The summed E-state index contributed by atoms with van der Waals surface area (Å²) in [6.45, 7) is 0. The molecule has 1 aromatic rings. The van der Waals surface area contributed by atoms with Gasteiger partial charge >= 0.3 is 0 Å². The zero-order valence-electron chi connectivity index (χ0n) is 5.52. The number of pyridine rings is 1. The first kappa shape index (κ1) is 7.33. The van der Waals surface area contributed by atoms with Crippen molar-refractivity contribution in [3.05, 3.63) is 34.2 Å². The fourth-order valence-electron chi connectivity index (χ4n) is 0.668. The van der Waals surface area contributed by atoms with Crippen LogP contribution < -0.4 is 11.3 Å². The van der Waals surface area contributed by atoms with Crippen molar-refractivity contribution >= 4 is 5.91 Å². The SMILES string of the molecule is NC(=O)c1cccc(=O)n1O. The molecule has 0 bridgehead atoms. The van der Waals surface area contributed by atoms with Gasteiger partial charge in [0.25, 0.3) is 11.5 Å². The molecule has 3 N–H and O–H groups in total. The zero-order valence-corrected chi connectivity index (χ0v) is 5.52. The minimum absolute atomic E-state index is 0.211. The van der Waals surface area contributed by atoms with Crippen LogP contribution in [-0.2, 0) is 0 Å². The molecular formula is C6H6N2O3. The van der Waals surface area contributed by atoms with Gasteiger partial charge < -0.3 is 10.9 Å². The summed E-state index contributed by atoms with van der Waals surface area (Å²) in [5.41, 5.74) is 3.92. The van der Waals surface area contributed by atoms with E-state index in [-0.39, 0.29) is 10.4 Å². The molecular weight excluding hydrogens is 148 g/mol. The second-order valence-corrected chi connectivity index (χ2v) is 1.93. The third-order valence-electron chi connectivity index (χ3n) is 1.18. The Hall–Kier alpha value is -1.78. The van der Waals surface area contributed by atoms with E-state index in [1.807, 2.05) is 0 Å². The van der Waals surface area contributed by atoms with Gasteiger partial charge in [0, 0.05) is 6.07 Å². The van der Waals surface area contributed by atoms with E-state index < -0.39 is 11.5 Å². The summed E-state index contributed by atoms with van der Waals surface area (Å²) < 4.78 is 0.211. The molecule has 0 saturated heterocycles. The van der Waals surface area contributed by atoms with Crippen molar-refractivity contribution in [2.75, 3.05) is 0 Å². The Kier molecular flexibility index (Phi) is 1.63. The summed E-state index contributed by atoms with van der Waals surface area (Å²) in [6, 6.07) is 3.71. The largest absolute Gasteiger partial charge is 0.425 e. The van der Waals surface area contributed by atoms with Crippen LogP contribution in [-0.4, -0.2) is 15.8 Å². The highest BCUT2D eigenvalue weighted by Gasteiger charge is 2.05. The normalized spacial score (nSPS) is 9.45. The number of aromatic nitrogens is 1. The highest BCUT2D eigenvalue weighted by Crippen LogP contribution is 1.90. The average Bonchev–Trinajstić information content (AvgIpc) is 1.94. The molecule has 0 saturated carbocycles. The van der Waals surface area contributed by atoms with Crippen LogP contribution in [0.1, 0.15) is 10.5 Å². The summed E-state index contributed by atoms with van der Waals surface area (Å²) in [4.78, 5) is 21.1. The fraction of sp³-hybridized carbons (Fsp3) is 0. The van der Waals surface area contributed by atoms with Crippen molar-refractivity contribution in [3.63, 3.8) is 0 Å². The van der Waals surface area contributed by atoms with Gasteiger partial charge in [-0.2, -0.15) is 0 Å². The van der Waals surface area contributed by atoms with Gasteiger partial charge in [0.2, 0.25) is 0 Å². The predicted octanol–water partition coefficient (Wildman–Crippen LogP) is -0.816. The molecule has 11 heavy (non-hydrogen) atoms. The van der Waals surface area contributed by atoms with Gasteiger partial charge in [-0.3, -0.25) is 9.59 Å². The molecule has 0 aliphatic rings. The van der Waals surface area contributed by atoms with Crippen molar-refractivity contribution < 1.29 is 10.0 Å². The van der Waals surface area contributed by atoms with Gasteiger partial charge in [-0.1, -0.05) is 6.07 Å². The van der Waals surface area contributed by atoms with Crippen LogP contribution in [0.3, 0.4) is 0 Å². The number of hydrogen-bond donors (Lipinski definition) is 2. The monoisotopic (exact) mass is 154 g/mol. The van der Waals surface area contributed by atoms with Gasteiger partial charge in [-0.15, -0.1) is 4.73 Å². The van der Waals surface area contributed by atoms with Gasteiger partial charge in [0.05, 0.1) is 0 Å². The van der Waals surface area contributed by atoms with E-state index in [4.69, 9.17) is 10.9 Å². The Bertz CT molecular complexity index is 342. The van der Waals surface area contributed by atoms with Crippen LogP contribution in [0, 0.1) is 0 Å². The van der Waals surface area contributed by atoms with E-state index in [0.29, 0.717) is 0 Å². The minimum Gasteiger partial charge on any atom is -0.425 e. The Labute approximate surface area is 61.6 Å². The Morgan fingerprint density at radius 3 is 2.64 bits per heavy atom. The summed E-state index contributed by atoms with van der Waals surface area (Å²) in [5.74, 6) is -0.842. The van der Waals surface area contributed by atoms with Crippen LogP contribution in [0.2, 0.25) is 0 Å². The lowest BCUT2D eigenvalue weighted by atomic mass is 10.3. The number of carbonyl (C=O) groups is 1. The van der Waals surface area contributed by atoms with Crippen molar-refractivity contribution in [1.82, 2.24) is 4.73 Å². The molecule has 5 heteroatoms. The minimum atomic E-state index is -0.842. The summed E-state index contributed by atoms with van der Waals surface area (Å²) >= 11 is 0. The number of primary amides is 1. The Morgan fingerprint density at radius 2 is 2.18 bits per heavy atom. The van der Waals surface area contributed by atoms with Crippen LogP contribution in [0.25, 0.3) is 0 Å². The van der Waals surface area contributed by atoms with Crippen LogP contribution in [0.5, 0.6) is 0 Å². The second-order valence-electron chi connectivity index (χ2n) is 1.93. The molecule has 0 aliphatic heterocycles. The fourth-order valence-corrected chi connectivity index (χ4v) is 0.668. The molecule has 0 aromatic carbocycles. The third kappa shape index (κ3) is 1.21. The Morgan fingerprint density at radius 1 is 1.55 bits per heavy atom. The molecule has 0 unspecified atom stereocenters. The number of amides is 1. The van der Waals surface area contributed by atoms with E-state index in [2.05, 4.69) is 0 Å². The average molecular weight is 154 g/mol. The molecule has 0 radical (unpaired) electrons. The first-order valence-corrected chi connectivity index (χ1v) is 2.84. The van der Waals surface area contributed by atoms with Crippen molar-refractivity contribution in [2.45, 2.75) is 0 Å². The maximum atomic E-state index is 10.6. The molecule has 0 spiro atoms. The number of hydrogen-bond acceptors (Lipinski definition) is 3. The topological polar surface area (TPSA) is 85.3 Å². The lowest BCUT2D eigenvalue weighted by molar-refractivity contribution is 0.0939. The van der Waals surface area contributed by atoms with Gasteiger partial charge in [-0.05, 0) is 6.07 Å². The molecule has 0 fully saturated rings. The number of nitrogens with zero attached hydrogens (tertiary/aromatic N) is 1. The molecule has 1 amide bonds. The summed E-state index contributed by atoms with van der Waals surface area (Å²) in [5, 5.41) is 8.87. The standard InChI is InChI=1S/C6H6N2O3/c7-6(10)4-2-1-3-5(9)8(4)11/h1-3,11H,(H2,7,10). The van der Waals surface area contributed by atoms with Gasteiger partial charge in [-0.25, -0.2) is 0 Å². The van der Waals surface area contributed by atoms with E-state index in [1.165, 1.54) is 12.1 Å². The van der Waals surface area contributed by atoms with E-state index in [1.54, 1.807) is 0 Å². The second kappa shape index (κ2) is 2.45. The van der Waals surface area contributed by atoms with Crippen molar-refractivity contribution in [2.24, 2.45) is 5.73 Å². The van der Waals surface area contributed by atoms with Gasteiger partial charge in [0.1, 0.15) is 5.69 Å². The van der Waals surface area contributed by atoms with Crippen molar-refractivity contribution in [1.29, 1.82) is 0 Å². The van der Waals surface area contributed by atoms with Crippen LogP contribution >= 0.6 is 0 Å². The maximum Gasteiger partial charge on any atom is 0.283 e. The molecule has 1 aromatic heterocycles. The molecule has 58 valence electrons. The summed E-state index contributed by atoms with van der Waals surface area (Å²) in [7, 11) is 0. The number of rotatable bonds is 1. The van der Waals surface area contributed by atoms with Gasteiger partial charge in [0.15, 0.2) is 0 Å². The highest BCUT2D eigenvalue weighted by atomic mass is 16.5. The molecule has 5 nitrogen and oxygen atoms in total. The zero-order chi connectivity index (χ0) is 8.43. The van der Waals surface area contributed by atoms with E-state index in [9.17, 15) is 9.59 Å². The smallest absolute Gasteiger partial charge is 0.283 e. The van der Waals surface area contributed by atoms with E-state index in [0.717, 1.165) is 6.07 Å². The van der Waals surface area contributed by atoms with E-state index >= 15 is 0 Å². The van der Waals surface area contributed by atoms with Crippen molar-refractivity contribution in [3.8, 4) is 0 Å². The van der Waals surface area contributed by atoms with Crippen LogP contribution in [0.4, 0.5) is 0 Å². The number of carbonyl (C=O) groups excluding carboxylic acids is 1. The quantitative estimate of drug-likeness (QED) is 0.518. The third-order valence-corrected chi connectivity index (χ3v) is 1.18. The lowest BCUT2D eigenvalue weighted by Crippen LogP contribution is -2.26. The summed E-state index contributed by atoms with van der Waals surface area (Å²) in [6.07, 6.45) is 0. The highest BCUT2D eigenvalue weighted by molar-refractivity contribution is 5.90. The first-order valence-electron chi connectivity index (χ1n) is 2.84. The first-order chi connectivity index (χ1) is 5.13. The van der Waals surface area contributed by atoms with Crippen LogP contribution in [0.15, 0.2) is 23.0 Å². The number of nitrogens with two attached hydrogens (primary N) is 1. The molecule has 0 atom stereocenters. The predicted molar refractivity (Wildman–Crippen MR) is 36.4 cm³/mol. The molecule has 0 aliphatic carbocycles. The Balaban J connectivity index is 3.39. The molecule has 1 rings (SSSR count).